The fraction of sp³-hybridized carbons (Fsp3) is 0.208. The van der Waals surface area contributed by atoms with Crippen molar-refractivity contribution in [2.45, 2.75) is 26.8 Å². The second-order valence-corrected chi connectivity index (χ2v) is 7.39. The lowest BCUT2D eigenvalue weighted by molar-refractivity contribution is 0.0939. The van der Waals surface area contributed by atoms with E-state index < -0.39 is 0 Å². The molecule has 146 valence electrons. The summed E-state index contributed by atoms with van der Waals surface area (Å²) < 4.78 is 1.84. The highest BCUT2D eigenvalue weighted by Crippen LogP contribution is 2.30. The highest BCUT2D eigenvalue weighted by atomic mass is 16.1. The van der Waals surface area contributed by atoms with Gasteiger partial charge in [0.2, 0.25) is 0 Å². The molecule has 0 aliphatic carbocycles. The molecule has 5 nitrogen and oxygen atoms in total. The number of para-hydroxylation sites is 1. The van der Waals surface area contributed by atoms with E-state index >= 15 is 0 Å². The minimum atomic E-state index is -0.175. The molecule has 2 heterocycles. The monoisotopic (exact) mass is 384 g/mol. The Kier molecular flexibility index (Phi) is 4.89. The van der Waals surface area contributed by atoms with E-state index in [4.69, 9.17) is 4.98 Å². The molecule has 0 spiro atoms. The molecule has 1 amide bonds. The van der Waals surface area contributed by atoms with Gasteiger partial charge in [-0.3, -0.25) is 9.48 Å². The van der Waals surface area contributed by atoms with Crippen molar-refractivity contribution < 1.29 is 4.79 Å². The third-order valence-electron chi connectivity index (χ3n) is 5.46. The predicted octanol–water partition coefficient (Wildman–Crippen LogP) is 4.74. The van der Waals surface area contributed by atoms with Crippen molar-refractivity contribution in [3.63, 3.8) is 0 Å². The third-order valence-corrected chi connectivity index (χ3v) is 5.46. The standard InChI is InChI=1S/C24H24N4O/c1-15-9-5-6-10-18(15)24(29)26-16(2)20-13-23(21-14-25-28(4)17(21)3)27-22-12-8-7-11-19(20)22/h5-14,16H,1-4H3,(H,26,29). The molecule has 5 heteroatoms. The minimum Gasteiger partial charge on any atom is -0.345 e. The van der Waals surface area contributed by atoms with Crippen LogP contribution in [0.15, 0.2) is 60.8 Å². The van der Waals surface area contributed by atoms with Crippen molar-refractivity contribution in [2.24, 2.45) is 7.05 Å². The van der Waals surface area contributed by atoms with Crippen LogP contribution in [0.25, 0.3) is 22.2 Å². The van der Waals surface area contributed by atoms with Gasteiger partial charge >= 0.3 is 0 Å². The molecule has 0 bridgehead atoms. The summed E-state index contributed by atoms with van der Waals surface area (Å²) in [5.41, 5.74) is 6.51. The number of nitrogens with one attached hydrogen (secondary N) is 1. The van der Waals surface area contributed by atoms with Crippen molar-refractivity contribution in [1.82, 2.24) is 20.1 Å². The van der Waals surface area contributed by atoms with Gasteiger partial charge in [-0.05, 0) is 50.1 Å². The second-order valence-electron chi connectivity index (χ2n) is 7.39. The molecule has 2 aromatic heterocycles. The number of rotatable bonds is 4. The summed E-state index contributed by atoms with van der Waals surface area (Å²) in [6.07, 6.45) is 1.84. The van der Waals surface area contributed by atoms with Crippen molar-refractivity contribution in [1.29, 1.82) is 0 Å². The lowest BCUT2D eigenvalue weighted by Crippen LogP contribution is -2.27. The van der Waals surface area contributed by atoms with Crippen LogP contribution in [0.1, 0.15) is 40.1 Å². The summed E-state index contributed by atoms with van der Waals surface area (Å²) in [6.45, 7) is 5.99. The van der Waals surface area contributed by atoms with Crippen LogP contribution in [0.3, 0.4) is 0 Å². The lowest BCUT2D eigenvalue weighted by Gasteiger charge is -2.18. The van der Waals surface area contributed by atoms with Crippen LogP contribution in [0.5, 0.6) is 0 Å². The first kappa shape index (κ1) is 18.9. The molecule has 29 heavy (non-hydrogen) atoms. The Hall–Kier alpha value is -3.47. The van der Waals surface area contributed by atoms with Gasteiger partial charge in [-0.2, -0.15) is 5.10 Å². The zero-order valence-corrected chi connectivity index (χ0v) is 17.1. The van der Waals surface area contributed by atoms with Crippen LogP contribution < -0.4 is 5.32 Å². The summed E-state index contributed by atoms with van der Waals surface area (Å²) in [7, 11) is 1.92. The highest BCUT2D eigenvalue weighted by Gasteiger charge is 2.18. The number of hydrogen-bond donors (Lipinski definition) is 1. The molecule has 2 aromatic carbocycles. The van der Waals surface area contributed by atoms with Crippen molar-refractivity contribution >= 4 is 16.8 Å². The van der Waals surface area contributed by atoms with E-state index in [9.17, 15) is 4.79 Å². The molecule has 1 N–H and O–H groups in total. The smallest absolute Gasteiger partial charge is 0.252 e. The SMILES string of the molecule is Cc1ccccc1C(=O)NC(C)c1cc(-c2cnn(C)c2C)nc2ccccc12. The normalized spacial score (nSPS) is 12.1. The van der Waals surface area contributed by atoms with Crippen molar-refractivity contribution in [3.05, 3.63) is 83.2 Å². The molecule has 1 unspecified atom stereocenters. The molecular formula is C24H24N4O. The van der Waals surface area contributed by atoms with Gasteiger partial charge in [-0.1, -0.05) is 36.4 Å². The van der Waals surface area contributed by atoms with E-state index in [0.717, 1.165) is 39.0 Å². The molecule has 0 aliphatic rings. The molecule has 0 fully saturated rings. The first-order valence-corrected chi connectivity index (χ1v) is 9.71. The summed E-state index contributed by atoms with van der Waals surface area (Å²) >= 11 is 0. The van der Waals surface area contributed by atoms with Crippen LogP contribution in [-0.2, 0) is 7.05 Å². The Labute approximate surface area is 170 Å². The molecule has 0 saturated heterocycles. The fourth-order valence-corrected chi connectivity index (χ4v) is 3.63. The first-order chi connectivity index (χ1) is 14.0. The Balaban J connectivity index is 1.77. The van der Waals surface area contributed by atoms with Gasteiger partial charge in [-0.15, -0.1) is 0 Å². The molecule has 0 saturated carbocycles. The molecule has 4 aromatic rings. The number of carbonyl (C=O) groups is 1. The number of aromatic nitrogens is 3. The van der Waals surface area contributed by atoms with Gasteiger partial charge < -0.3 is 5.32 Å². The zero-order valence-electron chi connectivity index (χ0n) is 17.1. The topological polar surface area (TPSA) is 59.8 Å². The quantitative estimate of drug-likeness (QED) is 0.553. The number of aryl methyl sites for hydroxylation is 2. The maximum absolute atomic E-state index is 12.9. The van der Waals surface area contributed by atoms with Gasteiger partial charge in [0.05, 0.1) is 23.4 Å². The van der Waals surface area contributed by atoms with Crippen LogP contribution in [-0.4, -0.2) is 20.7 Å². The largest absolute Gasteiger partial charge is 0.345 e. The second kappa shape index (κ2) is 7.51. The summed E-state index contributed by atoms with van der Waals surface area (Å²) in [4.78, 5) is 17.7. The predicted molar refractivity (Wildman–Crippen MR) is 116 cm³/mol. The van der Waals surface area contributed by atoms with E-state index in [1.165, 1.54) is 0 Å². The Bertz CT molecular complexity index is 1210. The van der Waals surface area contributed by atoms with Crippen LogP contribution in [0.2, 0.25) is 0 Å². The van der Waals surface area contributed by atoms with Gasteiger partial charge in [-0.25, -0.2) is 4.98 Å². The zero-order chi connectivity index (χ0) is 20.5. The van der Waals surface area contributed by atoms with E-state index in [2.05, 4.69) is 16.5 Å². The van der Waals surface area contributed by atoms with E-state index in [0.29, 0.717) is 5.56 Å². The summed E-state index contributed by atoms with van der Waals surface area (Å²) in [6, 6.07) is 17.6. The minimum absolute atomic E-state index is 0.0735. The third kappa shape index (κ3) is 3.51. The van der Waals surface area contributed by atoms with Crippen LogP contribution in [0, 0.1) is 13.8 Å². The maximum atomic E-state index is 12.9. The van der Waals surface area contributed by atoms with Crippen LogP contribution >= 0.6 is 0 Å². The van der Waals surface area contributed by atoms with Gasteiger partial charge in [0, 0.05) is 29.3 Å². The van der Waals surface area contributed by atoms with Crippen molar-refractivity contribution in [2.75, 3.05) is 0 Å². The van der Waals surface area contributed by atoms with E-state index in [1.807, 2.05) is 87.2 Å². The molecule has 0 aliphatic heterocycles. The van der Waals surface area contributed by atoms with Gasteiger partial charge in [0.1, 0.15) is 0 Å². The number of hydrogen-bond acceptors (Lipinski definition) is 3. The number of nitrogens with zero attached hydrogens (tertiary/aromatic N) is 3. The average molecular weight is 384 g/mol. The van der Waals surface area contributed by atoms with Gasteiger partial charge in [0.25, 0.3) is 5.91 Å². The fourth-order valence-electron chi connectivity index (χ4n) is 3.63. The Morgan fingerprint density at radius 3 is 2.52 bits per heavy atom. The first-order valence-electron chi connectivity index (χ1n) is 9.71. The summed E-state index contributed by atoms with van der Waals surface area (Å²) in [5, 5.41) is 8.55. The number of fused-ring (bicyclic) bond motifs is 1. The number of amides is 1. The molecular weight excluding hydrogens is 360 g/mol. The Morgan fingerprint density at radius 1 is 1.07 bits per heavy atom. The Morgan fingerprint density at radius 2 is 1.79 bits per heavy atom. The van der Waals surface area contributed by atoms with E-state index in [-0.39, 0.29) is 11.9 Å². The number of benzene rings is 2. The number of pyridine rings is 1. The van der Waals surface area contributed by atoms with Crippen molar-refractivity contribution in [3.8, 4) is 11.3 Å². The molecule has 1 atom stereocenters. The average Bonchev–Trinajstić information content (AvgIpc) is 3.06. The molecule has 0 radical (unpaired) electrons. The summed E-state index contributed by atoms with van der Waals surface area (Å²) in [5.74, 6) is -0.0735. The maximum Gasteiger partial charge on any atom is 0.252 e. The number of carbonyl (C=O) groups excluding carboxylic acids is 1. The van der Waals surface area contributed by atoms with Crippen LogP contribution in [0.4, 0.5) is 0 Å². The molecule has 4 rings (SSSR count). The highest BCUT2D eigenvalue weighted by molar-refractivity contribution is 5.96. The lowest BCUT2D eigenvalue weighted by atomic mass is 9.99. The van der Waals surface area contributed by atoms with E-state index in [1.54, 1.807) is 0 Å². The van der Waals surface area contributed by atoms with Gasteiger partial charge in [0.15, 0.2) is 0 Å².